The molecule has 0 aliphatic carbocycles. The number of rotatable bonds is 5. The number of urea groups is 1. The van der Waals surface area contributed by atoms with Crippen molar-refractivity contribution < 1.29 is 27.2 Å². The van der Waals surface area contributed by atoms with Crippen molar-refractivity contribution >= 4 is 34.3 Å². The quantitative estimate of drug-likeness (QED) is 0.335. The smallest absolute Gasteiger partial charge is 0.380 e. The highest BCUT2D eigenvalue weighted by molar-refractivity contribution is 6.13. The van der Waals surface area contributed by atoms with Gasteiger partial charge in [0.25, 0.3) is 5.91 Å². The fourth-order valence-corrected chi connectivity index (χ4v) is 3.71. The Balaban J connectivity index is 1.60. The Hall–Kier alpha value is -4.48. The number of alkyl halides is 3. The van der Waals surface area contributed by atoms with E-state index in [1.807, 2.05) is 30.3 Å². The zero-order valence-corrected chi connectivity index (χ0v) is 19.1. The number of carbonyl (C=O) groups is 2. The molecule has 0 bridgehead atoms. The minimum absolute atomic E-state index is 0.0276. The van der Waals surface area contributed by atoms with Crippen LogP contribution in [0.25, 0.3) is 11.0 Å². The molecule has 2 aromatic carbocycles. The van der Waals surface area contributed by atoms with E-state index >= 15 is 0 Å². The number of hydrogen-bond acceptors (Lipinski definition) is 5. The van der Waals surface area contributed by atoms with Gasteiger partial charge in [-0.3, -0.25) is 14.8 Å². The molecule has 0 spiro atoms. The van der Waals surface area contributed by atoms with E-state index in [0.29, 0.717) is 41.1 Å². The third-order valence-electron chi connectivity index (χ3n) is 5.34. The molecule has 12 heteroatoms. The molecule has 0 fully saturated rings. The van der Waals surface area contributed by atoms with Gasteiger partial charge in [0.2, 0.25) is 0 Å². The van der Waals surface area contributed by atoms with Crippen molar-refractivity contribution in [3.8, 4) is 0 Å². The van der Waals surface area contributed by atoms with Crippen molar-refractivity contribution in [1.29, 1.82) is 0 Å². The monoisotopic (exact) mass is 500 g/mol. The van der Waals surface area contributed by atoms with E-state index < -0.39 is 29.5 Å². The molecule has 8 nitrogen and oxygen atoms in total. The fraction of sp³-hybridized carbons (Fsp3) is 0.167. The van der Waals surface area contributed by atoms with E-state index in [1.165, 1.54) is 6.20 Å². The molecule has 186 valence electrons. The van der Waals surface area contributed by atoms with Gasteiger partial charge in [0.15, 0.2) is 5.65 Å². The van der Waals surface area contributed by atoms with Crippen LogP contribution in [0.3, 0.4) is 0 Å². The van der Waals surface area contributed by atoms with Gasteiger partial charge in [-0.2, -0.15) is 18.3 Å². The van der Waals surface area contributed by atoms with Gasteiger partial charge in [0.1, 0.15) is 5.82 Å². The highest BCUT2D eigenvalue weighted by Gasteiger charge is 2.34. The number of imide groups is 1. The van der Waals surface area contributed by atoms with Crippen LogP contribution in [0.2, 0.25) is 0 Å². The number of aromatic nitrogens is 3. The second kappa shape index (κ2) is 9.64. The number of fused-ring (bicyclic) bond motifs is 1. The molecule has 2 aromatic heterocycles. The fourth-order valence-electron chi connectivity index (χ4n) is 3.71. The summed E-state index contributed by atoms with van der Waals surface area (Å²) in [5, 5.41) is 12.3. The van der Waals surface area contributed by atoms with Gasteiger partial charge >= 0.3 is 12.2 Å². The second-order valence-electron chi connectivity index (χ2n) is 7.89. The van der Waals surface area contributed by atoms with Gasteiger partial charge in [0.05, 0.1) is 27.9 Å². The molecular formula is C24H20F4N6O2. The first-order valence-electron chi connectivity index (χ1n) is 10.6. The van der Waals surface area contributed by atoms with Gasteiger partial charge in [-0.1, -0.05) is 30.3 Å². The number of aryl methyl sites for hydroxylation is 2. The minimum atomic E-state index is -4.95. The van der Waals surface area contributed by atoms with Gasteiger partial charge in [-0.05, 0) is 30.7 Å². The SMILES string of the molecule is Cc1nn(C)c2ncc(C(=O)NC(=O)Nc3ccc(F)c(C(F)(F)F)c3)c(NCc3ccccc3)c12. The maximum Gasteiger partial charge on any atom is 0.419 e. The van der Waals surface area contributed by atoms with Crippen molar-refractivity contribution in [2.45, 2.75) is 19.6 Å². The first kappa shape index (κ1) is 24.6. The Morgan fingerprint density at radius 2 is 1.81 bits per heavy atom. The standard InChI is InChI=1S/C24H20F4N6O2/c1-13-19-20(29-11-14-6-4-3-5-7-14)16(12-30-21(19)34(2)33-13)22(35)32-23(36)31-15-8-9-18(25)17(10-15)24(26,27)28/h3-10,12H,11H2,1-2H3,(H,29,30)(H2,31,32,35,36). The molecule has 0 aliphatic rings. The summed E-state index contributed by atoms with van der Waals surface area (Å²) >= 11 is 0. The molecule has 2 heterocycles. The third-order valence-corrected chi connectivity index (χ3v) is 5.34. The van der Waals surface area contributed by atoms with Crippen LogP contribution in [-0.2, 0) is 19.8 Å². The highest BCUT2D eigenvalue weighted by Crippen LogP contribution is 2.33. The lowest BCUT2D eigenvalue weighted by atomic mass is 10.1. The summed E-state index contributed by atoms with van der Waals surface area (Å²) in [5.74, 6) is -2.33. The van der Waals surface area contributed by atoms with Crippen molar-refractivity contribution in [3.63, 3.8) is 0 Å². The van der Waals surface area contributed by atoms with Gasteiger partial charge in [-0.25, -0.2) is 14.2 Å². The van der Waals surface area contributed by atoms with Crippen LogP contribution in [0.1, 0.15) is 27.2 Å². The van der Waals surface area contributed by atoms with E-state index in [2.05, 4.69) is 26.0 Å². The average molecular weight is 500 g/mol. The normalized spacial score (nSPS) is 11.4. The zero-order chi connectivity index (χ0) is 26.0. The molecule has 4 rings (SSSR count). The summed E-state index contributed by atoms with van der Waals surface area (Å²) in [6, 6.07) is 10.3. The van der Waals surface area contributed by atoms with Crippen LogP contribution in [0.5, 0.6) is 0 Å². The van der Waals surface area contributed by atoms with Gasteiger partial charge in [0, 0.05) is 25.5 Å². The molecule has 0 saturated carbocycles. The Kier molecular flexibility index (Phi) is 6.60. The lowest BCUT2D eigenvalue weighted by molar-refractivity contribution is -0.139. The van der Waals surface area contributed by atoms with E-state index in [1.54, 1.807) is 18.7 Å². The lowest BCUT2D eigenvalue weighted by Gasteiger charge is -2.14. The molecule has 0 saturated heterocycles. The topological polar surface area (TPSA) is 101 Å². The van der Waals surface area contributed by atoms with Gasteiger partial charge < -0.3 is 10.6 Å². The second-order valence-corrected chi connectivity index (χ2v) is 7.89. The molecule has 0 aliphatic heterocycles. The predicted octanol–water partition coefficient (Wildman–Crippen LogP) is 5.01. The predicted molar refractivity (Wildman–Crippen MR) is 125 cm³/mol. The maximum absolute atomic E-state index is 13.5. The van der Waals surface area contributed by atoms with Crippen LogP contribution < -0.4 is 16.0 Å². The molecule has 36 heavy (non-hydrogen) atoms. The molecule has 0 unspecified atom stereocenters. The van der Waals surface area contributed by atoms with Crippen LogP contribution in [0.4, 0.5) is 33.7 Å². The molecule has 4 aromatic rings. The van der Waals surface area contributed by atoms with E-state index in [-0.39, 0.29) is 11.3 Å². The van der Waals surface area contributed by atoms with Crippen LogP contribution in [-0.4, -0.2) is 26.7 Å². The highest BCUT2D eigenvalue weighted by atomic mass is 19.4. The summed E-state index contributed by atoms with van der Waals surface area (Å²) < 4.78 is 53.9. The Labute approximate surface area is 202 Å². The lowest BCUT2D eigenvalue weighted by Crippen LogP contribution is -2.35. The average Bonchev–Trinajstić information content (AvgIpc) is 3.12. The van der Waals surface area contributed by atoms with Crippen LogP contribution >= 0.6 is 0 Å². The van der Waals surface area contributed by atoms with Crippen LogP contribution in [0, 0.1) is 12.7 Å². The number of nitrogens with one attached hydrogen (secondary N) is 3. The number of amides is 3. The molecule has 0 atom stereocenters. The zero-order valence-electron chi connectivity index (χ0n) is 19.1. The van der Waals surface area contributed by atoms with Crippen molar-refractivity contribution in [3.05, 3.63) is 82.9 Å². The van der Waals surface area contributed by atoms with Crippen molar-refractivity contribution in [2.24, 2.45) is 7.05 Å². The largest absolute Gasteiger partial charge is 0.419 e. The first-order chi connectivity index (χ1) is 17.0. The van der Waals surface area contributed by atoms with Gasteiger partial charge in [-0.15, -0.1) is 0 Å². The first-order valence-corrected chi connectivity index (χ1v) is 10.6. The minimum Gasteiger partial charge on any atom is -0.380 e. The third kappa shape index (κ3) is 5.11. The summed E-state index contributed by atoms with van der Waals surface area (Å²) in [6.07, 6.45) is -3.67. The van der Waals surface area contributed by atoms with Crippen LogP contribution in [0.15, 0.2) is 54.7 Å². The molecular weight excluding hydrogens is 480 g/mol. The number of benzene rings is 2. The maximum atomic E-state index is 13.5. The molecule has 3 N–H and O–H groups in total. The number of hydrogen-bond donors (Lipinski definition) is 3. The summed E-state index contributed by atoms with van der Waals surface area (Å²) in [5.41, 5.74) is 0.579. The summed E-state index contributed by atoms with van der Waals surface area (Å²) in [7, 11) is 1.70. The summed E-state index contributed by atoms with van der Waals surface area (Å²) in [6.45, 7) is 2.11. The number of halogens is 4. The number of carbonyl (C=O) groups excluding carboxylic acids is 2. The van der Waals surface area contributed by atoms with E-state index in [9.17, 15) is 27.2 Å². The van der Waals surface area contributed by atoms with Crippen molar-refractivity contribution in [2.75, 3.05) is 10.6 Å². The Morgan fingerprint density at radius 3 is 2.50 bits per heavy atom. The molecule has 3 amide bonds. The Bertz CT molecular complexity index is 1450. The number of anilines is 2. The number of pyridine rings is 1. The van der Waals surface area contributed by atoms with E-state index in [4.69, 9.17) is 0 Å². The number of nitrogens with zero attached hydrogens (tertiary/aromatic N) is 3. The van der Waals surface area contributed by atoms with Crippen molar-refractivity contribution in [1.82, 2.24) is 20.1 Å². The molecule has 0 radical (unpaired) electrons. The van der Waals surface area contributed by atoms with E-state index in [0.717, 1.165) is 11.6 Å². The summed E-state index contributed by atoms with van der Waals surface area (Å²) in [4.78, 5) is 29.7. The Morgan fingerprint density at radius 1 is 1.08 bits per heavy atom.